The van der Waals surface area contributed by atoms with Crippen molar-refractivity contribution in [3.63, 3.8) is 0 Å². The van der Waals surface area contributed by atoms with Crippen LogP contribution in [0.3, 0.4) is 0 Å². The highest BCUT2D eigenvalue weighted by atomic mass is 16.6. The molecule has 146 valence electrons. The molecule has 4 rings (SSSR count). The second-order valence-corrected chi connectivity index (χ2v) is 6.58. The van der Waals surface area contributed by atoms with Crippen LogP contribution in [0.5, 0.6) is 5.75 Å². The number of nitro benzene ring substituents is 1. The maximum Gasteiger partial charge on any atom is 0.311 e. The van der Waals surface area contributed by atoms with Crippen molar-refractivity contribution >= 4 is 17.8 Å². The smallest absolute Gasteiger partial charge is 0.311 e. The Morgan fingerprint density at radius 2 is 2.03 bits per heavy atom. The Balaban J connectivity index is 1.55. The third-order valence-corrected chi connectivity index (χ3v) is 4.72. The summed E-state index contributed by atoms with van der Waals surface area (Å²) < 4.78 is 1.80. The van der Waals surface area contributed by atoms with Crippen molar-refractivity contribution in [3.8, 4) is 11.4 Å². The van der Waals surface area contributed by atoms with Gasteiger partial charge in [-0.25, -0.2) is 10.1 Å². The van der Waals surface area contributed by atoms with Gasteiger partial charge in [-0.15, -0.1) is 0 Å². The number of nitrogens with zero attached hydrogens (tertiary/aromatic N) is 4. The summed E-state index contributed by atoms with van der Waals surface area (Å²) in [6.07, 6.45) is 3.86. The van der Waals surface area contributed by atoms with Gasteiger partial charge in [0.1, 0.15) is 0 Å². The van der Waals surface area contributed by atoms with Crippen LogP contribution in [0.25, 0.3) is 5.69 Å². The van der Waals surface area contributed by atoms with Gasteiger partial charge in [-0.2, -0.15) is 10.2 Å². The van der Waals surface area contributed by atoms with E-state index in [9.17, 15) is 20.0 Å². The van der Waals surface area contributed by atoms with E-state index in [1.165, 1.54) is 24.4 Å². The van der Waals surface area contributed by atoms with Crippen LogP contribution in [0.2, 0.25) is 0 Å². The molecule has 0 unspecified atom stereocenters. The molecule has 1 aromatic heterocycles. The molecule has 0 saturated carbocycles. The standard InChI is InChI=1S/C20H17N5O4/c26-18-10-9-13(11-17(18)25(28)29)12-21-22-20(27)19-15-7-4-8-16(15)24(23-19)14-5-2-1-3-6-14/h1-3,5-6,9-12,26H,4,7-8H2,(H,22,27)/b21-12+. The first kappa shape index (κ1) is 18.4. The summed E-state index contributed by atoms with van der Waals surface area (Å²) in [7, 11) is 0. The second-order valence-electron chi connectivity index (χ2n) is 6.58. The van der Waals surface area contributed by atoms with Gasteiger partial charge in [0.15, 0.2) is 11.4 Å². The second kappa shape index (κ2) is 7.55. The molecule has 0 aliphatic heterocycles. The fraction of sp³-hybridized carbons (Fsp3) is 0.150. The number of rotatable bonds is 5. The van der Waals surface area contributed by atoms with Crippen LogP contribution >= 0.6 is 0 Å². The van der Waals surface area contributed by atoms with Gasteiger partial charge in [0.25, 0.3) is 5.91 Å². The molecular formula is C20H17N5O4. The summed E-state index contributed by atoms with van der Waals surface area (Å²) in [5.74, 6) is -0.874. The number of benzene rings is 2. The number of carbonyl (C=O) groups excluding carboxylic acids is 1. The van der Waals surface area contributed by atoms with E-state index in [1.807, 2.05) is 30.3 Å². The van der Waals surface area contributed by atoms with Crippen molar-refractivity contribution in [2.24, 2.45) is 5.10 Å². The zero-order valence-electron chi connectivity index (χ0n) is 15.3. The Morgan fingerprint density at radius 1 is 1.24 bits per heavy atom. The first-order valence-electron chi connectivity index (χ1n) is 9.01. The van der Waals surface area contributed by atoms with Gasteiger partial charge in [-0.05, 0) is 43.5 Å². The Kier molecular flexibility index (Phi) is 4.78. The van der Waals surface area contributed by atoms with E-state index in [4.69, 9.17) is 0 Å². The molecule has 9 nitrogen and oxygen atoms in total. The number of nitro groups is 1. The number of phenolic OH excluding ortho intramolecular Hbond substituents is 1. The number of nitrogens with one attached hydrogen (secondary N) is 1. The number of hydrogen-bond acceptors (Lipinski definition) is 6. The molecule has 2 aromatic carbocycles. The number of para-hydroxylation sites is 1. The number of aromatic nitrogens is 2. The minimum Gasteiger partial charge on any atom is -0.502 e. The molecule has 0 atom stereocenters. The average molecular weight is 391 g/mol. The Bertz CT molecular complexity index is 1120. The molecule has 1 aliphatic rings. The lowest BCUT2D eigenvalue weighted by atomic mass is 10.2. The van der Waals surface area contributed by atoms with E-state index in [0.29, 0.717) is 11.3 Å². The first-order chi connectivity index (χ1) is 14.0. The van der Waals surface area contributed by atoms with Crippen LogP contribution in [0.1, 0.15) is 33.7 Å². The van der Waals surface area contributed by atoms with Crippen LogP contribution < -0.4 is 5.43 Å². The highest BCUT2D eigenvalue weighted by Gasteiger charge is 2.26. The quantitative estimate of drug-likeness (QED) is 0.393. The van der Waals surface area contributed by atoms with Crippen LogP contribution in [-0.2, 0) is 12.8 Å². The van der Waals surface area contributed by atoms with Gasteiger partial charge < -0.3 is 5.11 Å². The van der Waals surface area contributed by atoms with Gasteiger partial charge >= 0.3 is 5.69 Å². The summed E-state index contributed by atoms with van der Waals surface area (Å²) in [6.45, 7) is 0. The fourth-order valence-corrected chi connectivity index (χ4v) is 3.39. The minimum atomic E-state index is -0.690. The Labute approximate surface area is 165 Å². The molecule has 9 heteroatoms. The molecule has 1 heterocycles. The predicted molar refractivity (Wildman–Crippen MR) is 105 cm³/mol. The molecule has 0 radical (unpaired) electrons. The van der Waals surface area contributed by atoms with Crippen molar-refractivity contribution in [2.75, 3.05) is 0 Å². The fourth-order valence-electron chi connectivity index (χ4n) is 3.39. The van der Waals surface area contributed by atoms with Crippen LogP contribution in [0.4, 0.5) is 5.69 Å². The molecule has 1 aliphatic carbocycles. The van der Waals surface area contributed by atoms with Gasteiger partial charge in [0.2, 0.25) is 0 Å². The van der Waals surface area contributed by atoms with Crippen LogP contribution in [0, 0.1) is 10.1 Å². The Hall–Kier alpha value is -4.01. The number of hydrogen-bond donors (Lipinski definition) is 2. The summed E-state index contributed by atoms with van der Waals surface area (Å²) in [5, 5.41) is 28.7. The average Bonchev–Trinajstić information content (AvgIpc) is 3.32. The molecule has 0 spiro atoms. The van der Waals surface area contributed by atoms with Gasteiger partial charge in [0.05, 0.1) is 16.8 Å². The molecule has 3 aromatic rings. The number of hydrazone groups is 1. The van der Waals surface area contributed by atoms with Crippen molar-refractivity contribution in [1.29, 1.82) is 0 Å². The molecule has 0 bridgehead atoms. The van der Waals surface area contributed by atoms with E-state index in [0.717, 1.165) is 36.2 Å². The van der Waals surface area contributed by atoms with E-state index in [2.05, 4.69) is 15.6 Å². The summed E-state index contributed by atoms with van der Waals surface area (Å²) >= 11 is 0. The van der Waals surface area contributed by atoms with Gasteiger partial charge in [0, 0.05) is 22.9 Å². The molecule has 2 N–H and O–H groups in total. The number of amides is 1. The number of aromatic hydroxyl groups is 1. The lowest BCUT2D eigenvalue weighted by Gasteiger charge is -2.04. The zero-order chi connectivity index (χ0) is 20.4. The van der Waals surface area contributed by atoms with Crippen molar-refractivity contribution < 1.29 is 14.8 Å². The topological polar surface area (TPSA) is 123 Å². The van der Waals surface area contributed by atoms with Crippen LogP contribution in [0.15, 0.2) is 53.6 Å². The molecule has 1 amide bonds. The minimum absolute atomic E-state index is 0.329. The maximum atomic E-state index is 12.6. The number of carbonyl (C=O) groups is 1. The van der Waals surface area contributed by atoms with Gasteiger partial charge in [-0.1, -0.05) is 18.2 Å². The Morgan fingerprint density at radius 3 is 2.79 bits per heavy atom. The zero-order valence-corrected chi connectivity index (χ0v) is 15.3. The largest absolute Gasteiger partial charge is 0.502 e. The summed E-state index contributed by atoms with van der Waals surface area (Å²) in [4.78, 5) is 22.8. The van der Waals surface area contributed by atoms with Gasteiger partial charge in [-0.3, -0.25) is 14.9 Å². The van der Waals surface area contributed by atoms with E-state index >= 15 is 0 Å². The maximum absolute atomic E-state index is 12.6. The van der Waals surface area contributed by atoms with E-state index < -0.39 is 22.3 Å². The normalized spacial score (nSPS) is 12.8. The molecule has 0 saturated heterocycles. The third-order valence-electron chi connectivity index (χ3n) is 4.72. The molecule has 0 fully saturated rings. The summed E-state index contributed by atoms with van der Waals surface area (Å²) in [5.41, 5.74) is 5.53. The molecular weight excluding hydrogens is 374 g/mol. The van der Waals surface area contributed by atoms with E-state index in [1.54, 1.807) is 4.68 Å². The SMILES string of the molecule is O=C(N/N=C/c1ccc(O)c([N+](=O)[O-])c1)c1nn(-c2ccccc2)c2c1CCC2. The van der Waals surface area contributed by atoms with E-state index in [-0.39, 0.29) is 0 Å². The first-order valence-corrected chi connectivity index (χ1v) is 9.01. The van der Waals surface area contributed by atoms with Crippen molar-refractivity contribution in [3.05, 3.63) is 81.2 Å². The molecule has 29 heavy (non-hydrogen) atoms. The predicted octanol–water partition coefficient (Wildman–Crippen LogP) is 2.74. The lowest BCUT2D eigenvalue weighted by molar-refractivity contribution is -0.385. The summed E-state index contributed by atoms with van der Waals surface area (Å²) in [6, 6.07) is 13.5. The van der Waals surface area contributed by atoms with Crippen molar-refractivity contribution in [1.82, 2.24) is 15.2 Å². The number of fused-ring (bicyclic) bond motifs is 1. The third kappa shape index (κ3) is 3.57. The number of phenols is 1. The highest BCUT2D eigenvalue weighted by molar-refractivity contribution is 5.95. The monoisotopic (exact) mass is 391 g/mol. The van der Waals surface area contributed by atoms with Crippen LogP contribution in [-0.4, -0.2) is 31.9 Å². The van der Waals surface area contributed by atoms with Crippen molar-refractivity contribution in [2.45, 2.75) is 19.3 Å². The lowest BCUT2D eigenvalue weighted by Crippen LogP contribution is -2.20. The highest BCUT2D eigenvalue weighted by Crippen LogP contribution is 2.28.